The fourth-order valence-electron chi connectivity index (χ4n) is 2.36. The Morgan fingerprint density at radius 3 is 2.30 bits per heavy atom. The van der Waals surface area contributed by atoms with Gasteiger partial charge >= 0.3 is 0 Å². The Kier molecular flexibility index (Phi) is 3.70. The van der Waals surface area contributed by atoms with E-state index in [0.29, 0.717) is 0 Å². The van der Waals surface area contributed by atoms with Gasteiger partial charge in [0.15, 0.2) is 0 Å². The van der Waals surface area contributed by atoms with Crippen molar-refractivity contribution in [1.29, 1.82) is 0 Å². The zero-order chi connectivity index (χ0) is 13.9. The monoisotopic (exact) mass is 284 g/mol. The molecule has 3 rings (SSSR count). The fourth-order valence-corrected chi connectivity index (χ4v) is 2.69. The van der Waals surface area contributed by atoms with Crippen LogP contribution in [0.25, 0.3) is 10.8 Å². The molecule has 0 bridgehead atoms. The van der Waals surface area contributed by atoms with Gasteiger partial charge in [-0.05, 0) is 40.5 Å². The highest BCUT2D eigenvalue weighted by Crippen LogP contribution is 2.26. The van der Waals surface area contributed by atoms with Crippen LogP contribution in [0.5, 0.6) is 0 Å². The van der Waals surface area contributed by atoms with Gasteiger partial charge < -0.3 is 0 Å². The summed E-state index contributed by atoms with van der Waals surface area (Å²) >= 11 is 6.42. The minimum Gasteiger partial charge on any atom is -0.207 e. The minimum atomic E-state index is -0.233. The van der Waals surface area contributed by atoms with Crippen molar-refractivity contribution in [2.24, 2.45) is 0 Å². The van der Waals surface area contributed by atoms with E-state index in [2.05, 4.69) is 30.3 Å². The number of halogens is 2. The maximum absolute atomic E-state index is 12.9. The topological polar surface area (TPSA) is 0 Å². The van der Waals surface area contributed by atoms with Crippen molar-refractivity contribution >= 4 is 22.4 Å². The summed E-state index contributed by atoms with van der Waals surface area (Å²) in [7, 11) is 0. The Balaban J connectivity index is 1.83. The largest absolute Gasteiger partial charge is 0.207 e. The van der Waals surface area contributed by atoms with Gasteiger partial charge in [-0.2, -0.15) is 0 Å². The van der Waals surface area contributed by atoms with Crippen LogP contribution in [0.4, 0.5) is 4.39 Å². The molecule has 0 saturated heterocycles. The molecule has 100 valence electrons. The summed E-state index contributed by atoms with van der Waals surface area (Å²) in [6.45, 7) is 0. The zero-order valence-electron chi connectivity index (χ0n) is 10.9. The first-order valence-corrected chi connectivity index (χ1v) is 7.03. The van der Waals surface area contributed by atoms with E-state index in [1.54, 1.807) is 12.1 Å². The SMILES string of the molecule is Fc1ccc(C(Cl)Cc2ccc3ccccc3c2)cc1. The molecule has 2 heteroatoms. The number of hydrogen-bond acceptors (Lipinski definition) is 0. The van der Waals surface area contributed by atoms with Crippen LogP contribution in [0, 0.1) is 5.82 Å². The first-order valence-electron chi connectivity index (χ1n) is 6.59. The fraction of sp³-hybridized carbons (Fsp3) is 0.111. The molecule has 0 heterocycles. The van der Waals surface area contributed by atoms with Crippen LogP contribution in [0.2, 0.25) is 0 Å². The van der Waals surface area contributed by atoms with E-state index < -0.39 is 0 Å². The summed E-state index contributed by atoms with van der Waals surface area (Å²) in [5.74, 6) is -0.233. The van der Waals surface area contributed by atoms with Gasteiger partial charge in [0.05, 0.1) is 5.38 Å². The molecule has 0 amide bonds. The van der Waals surface area contributed by atoms with Gasteiger partial charge in [0, 0.05) is 0 Å². The van der Waals surface area contributed by atoms with Crippen molar-refractivity contribution in [2.75, 3.05) is 0 Å². The third-order valence-corrected chi connectivity index (χ3v) is 3.87. The van der Waals surface area contributed by atoms with Gasteiger partial charge in [0.25, 0.3) is 0 Å². The van der Waals surface area contributed by atoms with Crippen molar-refractivity contribution < 1.29 is 4.39 Å². The second kappa shape index (κ2) is 5.64. The Morgan fingerprint density at radius 2 is 1.55 bits per heavy atom. The maximum Gasteiger partial charge on any atom is 0.123 e. The van der Waals surface area contributed by atoms with Gasteiger partial charge in [0.1, 0.15) is 5.82 Å². The van der Waals surface area contributed by atoms with Crippen LogP contribution < -0.4 is 0 Å². The highest BCUT2D eigenvalue weighted by Gasteiger charge is 2.09. The van der Waals surface area contributed by atoms with E-state index in [9.17, 15) is 4.39 Å². The molecule has 0 spiro atoms. The van der Waals surface area contributed by atoms with Crippen LogP contribution in [0.15, 0.2) is 66.7 Å². The molecule has 0 aliphatic rings. The second-order valence-corrected chi connectivity index (χ2v) is 5.43. The lowest BCUT2D eigenvalue weighted by molar-refractivity contribution is 0.626. The number of alkyl halides is 1. The predicted octanol–water partition coefficient (Wildman–Crippen LogP) is 5.50. The van der Waals surface area contributed by atoms with Crippen molar-refractivity contribution in [3.05, 3.63) is 83.7 Å². The maximum atomic E-state index is 12.9. The Morgan fingerprint density at radius 1 is 0.850 bits per heavy atom. The van der Waals surface area contributed by atoms with Crippen molar-refractivity contribution in [2.45, 2.75) is 11.8 Å². The molecule has 0 saturated carbocycles. The van der Waals surface area contributed by atoms with Gasteiger partial charge in [-0.3, -0.25) is 0 Å². The van der Waals surface area contributed by atoms with Gasteiger partial charge in [-0.1, -0.05) is 54.6 Å². The second-order valence-electron chi connectivity index (χ2n) is 4.90. The number of fused-ring (bicyclic) bond motifs is 1. The van der Waals surface area contributed by atoms with E-state index in [0.717, 1.165) is 12.0 Å². The molecular formula is C18H14ClF. The summed E-state index contributed by atoms with van der Waals surface area (Å²) in [6.07, 6.45) is 0.734. The number of rotatable bonds is 3. The Hall–Kier alpha value is -1.86. The molecule has 20 heavy (non-hydrogen) atoms. The molecule has 0 nitrogen and oxygen atoms in total. The Bertz CT molecular complexity index is 719. The highest BCUT2D eigenvalue weighted by atomic mass is 35.5. The van der Waals surface area contributed by atoms with Gasteiger partial charge in [-0.15, -0.1) is 11.6 Å². The zero-order valence-corrected chi connectivity index (χ0v) is 11.6. The molecule has 1 atom stereocenters. The third kappa shape index (κ3) is 2.83. The quantitative estimate of drug-likeness (QED) is 0.557. The smallest absolute Gasteiger partial charge is 0.123 e. The van der Waals surface area contributed by atoms with E-state index in [1.807, 2.05) is 12.1 Å². The first-order chi connectivity index (χ1) is 9.72. The van der Waals surface area contributed by atoms with E-state index in [-0.39, 0.29) is 11.2 Å². The lowest BCUT2D eigenvalue weighted by Crippen LogP contribution is -1.96. The average Bonchev–Trinajstić information content (AvgIpc) is 2.48. The summed E-state index contributed by atoms with van der Waals surface area (Å²) in [6, 6.07) is 21.0. The van der Waals surface area contributed by atoms with Crippen LogP contribution >= 0.6 is 11.6 Å². The molecule has 3 aromatic rings. The molecule has 0 fully saturated rings. The standard InChI is InChI=1S/C18H14ClF/c19-18(15-7-9-17(20)10-8-15)12-13-5-6-14-3-1-2-4-16(14)11-13/h1-11,18H,12H2. The van der Waals surface area contributed by atoms with Crippen LogP contribution in [-0.2, 0) is 6.42 Å². The summed E-state index contributed by atoms with van der Waals surface area (Å²) in [5, 5.41) is 2.30. The molecule has 0 aliphatic heterocycles. The molecule has 0 aromatic heterocycles. The number of benzene rings is 3. The molecule has 0 aliphatic carbocycles. The van der Waals surface area contributed by atoms with Crippen LogP contribution in [0.3, 0.4) is 0 Å². The molecular weight excluding hydrogens is 271 g/mol. The highest BCUT2D eigenvalue weighted by molar-refractivity contribution is 6.20. The van der Waals surface area contributed by atoms with Gasteiger partial charge in [-0.25, -0.2) is 4.39 Å². The molecule has 1 unspecified atom stereocenters. The molecule has 0 N–H and O–H groups in total. The minimum absolute atomic E-state index is 0.142. The summed E-state index contributed by atoms with van der Waals surface area (Å²) < 4.78 is 12.9. The van der Waals surface area contributed by atoms with Crippen LogP contribution in [-0.4, -0.2) is 0 Å². The molecule has 3 aromatic carbocycles. The molecule has 0 radical (unpaired) electrons. The third-order valence-electron chi connectivity index (χ3n) is 3.46. The van der Waals surface area contributed by atoms with Crippen molar-refractivity contribution in [3.8, 4) is 0 Å². The summed E-state index contributed by atoms with van der Waals surface area (Å²) in [5.41, 5.74) is 2.13. The van der Waals surface area contributed by atoms with Crippen molar-refractivity contribution in [1.82, 2.24) is 0 Å². The average molecular weight is 285 g/mol. The van der Waals surface area contributed by atoms with Crippen LogP contribution in [0.1, 0.15) is 16.5 Å². The number of hydrogen-bond donors (Lipinski definition) is 0. The summed E-state index contributed by atoms with van der Waals surface area (Å²) in [4.78, 5) is 0. The van der Waals surface area contributed by atoms with E-state index in [1.165, 1.54) is 28.5 Å². The van der Waals surface area contributed by atoms with Gasteiger partial charge in [0.2, 0.25) is 0 Å². The van der Waals surface area contributed by atoms with Crippen molar-refractivity contribution in [3.63, 3.8) is 0 Å². The Labute approximate surface area is 122 Å². The predicted molar refractivity (Wildman–Crippen MR) is 82.6 cm³/mol. The lowest BCUT2D eigenvalue weighted by Gasteiger charge is -2.10. The normalized spacial score (nSPS) is 12.5. The van der Waals surface area contributed by atoms with E-state index in [4.69, 9.17) is 11.6 Å². The van der Waals surface area contributed by atoms with E-state index >= 15 is 0 Å². The first kappa shape index (κ1) is 13.1. The lowest BCUT2D eigenvalue weighted by atomic mass is 10.0.